The van der Waals surface area contributed by atoms with E-state index in [0.717, 1.165) is 0 Å². The molecule has 101 valence electrons. The van der Waals surface area contributed by atoms with E-state index in [-0.39, 0.29) is 51.0 Å². The van der Waals surface area contributed by atoms with Crippen molar-refractivity contribution in [2.75, 3.05) is 0 Å². The maximum Gasteiger partial charge on any atom is 3.00 e. The van der Waals surface area contributed by atoms with E-state index in [0.29, 0.717) is 5.92 Å². The van der Waals surface area contributed by atoms with Crippen LogP contribution in [0.25, 0.3) is 6.08 Å². The Balaban J connectivity index is 0.00000120. The molecule has 0 amide bonds. The fourth-order valence-electron chi connectivity index (χ4n) is 2.69. The van der Waals surface area contributed by atoms with E-state index in [4.69, 9.17) is 0 Å². The van der Waals surface area contributed by atoms with Crippen LogP contribution in [0, 0.1) is 19.9 Å². The summed E-state index contributed by atoms with van der Waals surface area (Å²) in [6, 6.07) is 15.1. The average molecular weight is 381 g/mol. The molecule has 0 aromatic heterocycles. The van der Waals surface area contributed by atoms with Crippen molar-refractivity contribution < 1.29 is 51.0 Å². The Kier molecular flexibility index (Phi) is 8.03. The van der Waals surface area contributed by atoms with Gasteiger partial charge in [0, 0.05) is 0 Å². The summed E-state index contributed by atoms with van der Waals surface area (Å²) >= 11 is 0. The normalized spacial score (nSPS) is 14.6. The summed E-state index contributed by atoms with van der Waals surface area (Å²) in [5, 5.41) is 0. The van der Waals surface area contributed by atoms with Crippen LogP contribution < -0.4 is 24.8 Å². The van der Waals surface area contributed by atoms with E-state index in [2.05, 4.69) is 68.5 Å². The molecule has 2 aromatic rings. The Morgan fingerprint density at radius 3 is 2.25 bits per heavy atom. The maximum absolute atomic E-state index is 3.48. The molecular weight excluding hydrogens is 366 g/mol. The van der Waals surface area contributed by atoms with Crippen molar-refractivity contribution in [3.8, 4) is 0 Å². The second-order valence-corrected chi connectivity index (χ2v) is 4.74. The number of hydrogen-bond acceptors (Lipinski definition) is 0. The van der Waals surface area contributed by atoms with Crippen LogP contribution in [0.2, 0.25) is 0 Å². The van der Waals surface area contributed by atoms with Crippen LogP contribution in [0.4, 0.5) is 0 Å². The zero-order valence-corrected chi connectivity index (χ0v) is 15.4. The van der Waals surface area contributed by atoms with Crippen LogP contribution in [0.1, 0.15) is 33.7 Å². The number of aryl methyl sites for hydroxylation is 2. The first-order chi connectivity index (χ1) is 8.25. The van der Waals surface area contributed by atoms with Gasteiger partial charge in [-0.2, -0.15) is 5.56 Å². The predicted molar refractivity (Wildman–Crippen MR) is 71.9 cm³/mol. The molecule has 0 fully saturated rings. The number of halogens is 2. The molecule has 3 heteroatoms. The molecule has 0 N–H and O–H groups in total. The van der Waals surface area contributed by atoms with Crippen LogP contribution in [0.15, 0.2) is 42.5 Å². The minimum absolute atomic E-state index is 0. The molecule has 0 bridgehead atoms. The molecule has 20 heavy (non-hydrogen) atoms. The predicted octanol–water partition coefficient (Wildman–Crippen LogP) is -1.73. The first-order valence-corrected chi connectivity index (χ1v) is 6.01. The molecule has 2 aromatic carbocycles. The molecule has 1 aliphatic carbocycles. The summed E-state index contributed by atoms with van der Waals surface area (Å²) in [5.74, 6) is 0.312. The van der Waals surface area contributed by atoms with Crippen molar-refractivity contribution >= 4 is 6.08 Å². The van der Waals surface area contributed by atoms with Gasteiger partial charge < -0.3 is 24.8 Å². The minimum atomic E-state index is 0. The number of rotatable bonds is 1. The van der Waals surface area contributed by atoms with Gasteiger partial charge in [0.15, 0.2) is 0 Å². The van der Waals surface area contributed by atoms with Gasteiger partial charge in [0.2, 0.25) is 0 Å². The Labute approximate surface area is 152 Å². The quantitative estimate of drug-likeness (QED) is 0.515. The molecule has 0 saturated heterocycles. The van der Waals surface area contributed by atoms with Crippen molar-refractivity contribution in [3.05, 3.63) is 76.4 Å². The molecule has 0 spiro atoms. The molecule has 0 heterocycles. The summed E-state index contributed by atoms with van der Waals surface area (Å²) in [4.78, 5) is 0. The van der Waals surface area contributed by atoms with Gasteiger partial charge in [-0.3, -0.25) is 6.08 Å². The van der Waals surface area contributed by atoms with E-state index in [1.54, 1.807) is 0 Å². The van der Waals surface area contributed by atoms with Gasteiger partial charge in [0.05, 0.1) is 0 Å². The molecule has 0 nitrogen and oxygen atoms in total. The number of benzene rings is 2. The Bertz CT molecular complexity index is 591. The topological polar surface area (TPSA) is 0 Å². The number of fused-ring (bicyclic) bond motifs is 1. The second-order valence-electron chi connectivity index (χ2n) is 4.74. The summed E-state index contributed by atoms with van der Waals surface area (Å²) in [6.07, 6.45) is 5.61. The van der Waals surface area contributed by atoms with Crippen molar-refractivity contribution in [3.63, 3.8) is 0 Å². The number of hydrogen-bond donors (Lipinski definition) is 0. The zero-order valence-electron chi connectivity index (χ0n) is 11.5. The average Bonchev–Trinajstić information content (AvgIpc) is 2.74. The molecule has 3 rings (SSSR count). The van der Waals surface area contributed by atoms with Crippen LogP contribution in [0.5, 0.6) is 0 Å². The van der Waals surface area contributed by atoms with Crippen LogP contribution in [0.3, 0.4) is 0 Å². The first kappa shape index (κ1) is 19.6. The van der Waals surface area contributed by atoms with Crippen LogP contribution >= 0.6 is 0 Å². The van der Waals surface area contributed by atoms with Gasteiger partial charge in [0.25, 0.3) is 0 Å². The van der Waals surface area contributed by atoms with E-state index in [1.165, 1.54) is 27.8 Å². The van der Waals surface area contributed by atoms with Gasteiger partial charge >= 0.3 is 26.2 Å². The summed E-state index contributed by atoms with van der Waals surface area (Å²) in [6.45, 7) is 4.35. The minimum Gasteiger partial charge on any atom is -1.00 e. The molecule has 1 aliphatic rings. The Hall–Kier alpha value is -0.357. The summed E-state index contributed by atoms with van der Waals surface area (Å²) in [5.41, 5.74) is 6.77. The Morgan fingerprint density at radius 1 is 0.950 bits per heavy atom. The van der Waals surface area contributed by atoms with Crippen molar-refractivity contribution in [1.29, 1.82) is 0 Å². The maximum atomic E-state index is 3.48. The third-order valence-corrected chi connectivity index (χ3v) is 3.39. The smallest absolute Gasteiger partial charge is 1.00 e. The molecule has 1 atom stereocenters. The molecule has 1 radical (unpaired) electrons. The van der Waals surface area contributed by atoms with E-state index >= 15 is 0 Å². The van der Waals surface area contributed by atoms with Gasteiger partial charge in [-0.15, -0.1) is 11.6 Å². The van der Waals surface area contributed by atoms with Gasteiger partial charge in [-0.05, 0) is 13.8 Å². The van der Waals surface area contributed by atoms with E-state index in [1.807, 2.05) is 0 Å². The van der Waals surface area contributed by atoms with Crippen molar-refractivity contribution in [2.24, 2.45) is 0 Å². The largest absolute Gasteiger partial charge is 3.00 e. The molecule has 1 unspecified atom stereocenters. The third-order valence-electron chi connectivity index (χ3n) is 3.39. The fourth-order valence-corrected chi connectivity index (χ4v) is 2.69. The van der Waals surface area contributed by atoms with E-state index in [9.17, 15) is 0 Å². The summed E-state index contributed by atoms with van der Waals surface area (Å²) < 4.78 is 0. The zero-order chi connectivity index (χ0) is 11.8. The second kappa shape index (κ2) is 8.18. The molecule has 0 aliphatic heterocycles. The van der Waals surface area contributed by atoms with Gasteiger partial charge in [0.1, 0.15) is 0 Å². The molecule has 0 saturated carbocycles. The SMILES string of the molecule is Cc1cc(C)c2c(c1)C=[C-]C2c1ccccc1.[Cl-].[Cl-].[Zr+3]. The summed E-state index contributed by atoms with van der Waals surface area (Å²) in [7, 11) is 0. The van der Waals surface area contributed by atoms with Crippen LogP contribution in [-0.4, -0.2) is 0 Å². The van der Waals surface area contributed by atoms with Crippen LogP contribution in [-0.2, 0) is 26.2 Å². The number of allylic oxidation sites excluding steroid dienone is 1. The fraction of sp³-hybridized carbons (Fsp3) is 0.176. The first-order valence-electron chi connectivity index (χ1n) is 6.01. The third kappa shape index (κ3) is 3.64. The monoisotopic (exact) mass is 379 g/mol. The Morgan fingerprint density at radius 2 is 1.60 bits per heavy atom. The van der Waals surface area contributed by atoms with Gasteiger partial charge in [-0.1, -0.05) is 59.0 Å². The van der Waals surface area contributed by atoms with E-state index < -0.39 is 0 Å². The van der Waals surface area contributed by atoms with Crippen molar-refractivity contribution in [1.82, 2.24) is 0 Å². The van der Waals surface area contributed by atoms with Gasteiger partial charge in [-0.25, -0.2) is 6.08 Å². The van der Waals surface area contributed by atoms with Crippen molar-refractivity contribution in [2.45, 2.75) is 19.8 Å². The standard InChI is InChI=1S/C17H15.2ClH.Zr/c1-12-10-13(2)17-15(11-12)8-9-16(17)14-6-4-3-5-7-14;;;/h3-8,10-11,16H,1-2H3;2*1H;/q-1;;;+3/p-2. The molecular formula is C17H15Cl2Zr.